The predicted molar refractivity (Wildman–Crippen MR) is 73.1 cm³/mol. The van der Waals surface area contributed by atoms with E-state index in [2.05, 4.69) is 5.32 Å². The summed E-state index contributed by atoms with van der Waals surface area (Å²) in [5.74, 6) is 0.123. The molecule has 0 atom stereocenters. The van der Waals surface area contributed by atoms with Gasteiger partial charge in [-0.25, -0.2) is 4.39 Å². The molecule has 0 radical (unpaired) electrons. The maximum atomic E-state index is 13.1. The first-order valence-electron chi connectivity index (χ1n) is 5.93. The van der Waals surface area contributed by atoms with Crippen LogP contribution in [-0.4, -0.2) is 12.2 Å². The van der Waals surface area contributed by atoms with Gasteiger partial charge in [-0.2, -0.15) is 5.26 Å². The Morgan fingerprint density at radius 2 is 2.10 bits per heavy atom. The molecule has 0 aliphatic rings. The number of hydrogen-bond acceptors (Lipinski definition) is 4. The molecule has 5 heteroatoms. The molecule has 2 aromatic carbocycles. The van der Waals surface area contributed by atoms with Crippen molar-refractivity contribution in [2.75, 3.05) is 12.4 Å². The molecular weight excluding hydrogens is 259 g/mol. The molecule has 0 aliphatic heterocycles. The number of phenols is 1. The minimum atomic E-state index is -0.411. The lowest BCUT2D eigenvalue weighted by atomic mass is 10.1. The third kappa shape index (κ3) is 2.98. The average molecular weight is 272 g/mol. The molecule has 2 aromatic rings. The zero-order valence-electron chi connectivity index (χ0n) is 10.9. The Morgan fingerprint density at radius 3 is 2.80 bits per heavy atom. The predicted octanol–water partition coefficient (Wildman–Crippen LogP) is 3.02. The highest BCUT2D eigenvalue weighted by atomic mass is 19.1. The molecule has 0 unspecified atom stereocenters. The van der Waals surface area contributed by atoms with Crippen molar-refractivity contribution in [2.45, 2.75) is 6.54 Å². The number of nitrogens with zero attached hydrogens (tertiary/aromatic N) is 1. The molecule has 0 amide bonds. The van der Waals surface area contributed by atoms with E-state index in [0.717, 1.165) is 0 Å². The van der Waals surface area contributed by atoms with Gasteiger partial charge in [-0.3, -0.25) is 0 Å². The summed E-state index contributed by atoms with van der Waals surface area (Å²) in [4.78, 5) is 0. The number of halogens is 1. The van der Waals surface area contributed by atoms with E-state index in [1.807, 2.05) is 6.07 Å². The van der Waals surface area contributed by atoms with Gasteiger partial charge in [-0.05, 0) is 30.3 Å². The normalized spacial score (nSPS) is 9.85. The van der Waals surface area contributed by atoms with Gasteiger partial charge in [0.2, 0.25) is 0 Å². The summed E-state index contributed by atoms with van der Waals surface area (Å²) in [6, 6.07) is 10.7. The van der Waals surface area contributed by atoms with Crippen LogP contribution in [0.2, 0.25) is 0 Å². The second-order valence-electron chi connectivity index (χ2n) is 4.15. The van der Waals surface area contributed by atoms with E-state index < -0.39 is 5.82 Å². The fourth-order valence-electron chi connectivity index (χ4n) is 1.79. The lowest BCUT2D eigenvalue weighted by molar-refractivity contribution is 0.416. The Hall–Kier alpha value is -2.74. The smallest absolute Gasteiger partial charge is 0.143 e. The molecule has 2 rings (SSSR count). The molecule has 0 saturated carbocycles. The Balaban J connectivity index is 2.19. The summed E-state index contributed by atoms with van der Waals surface area (Å²) in [6.45, 7) is 0.242. The highest BCUT2D eigenvalue weighted by molar-refractivity contribution is 5.59. The van der Waals surface area contributed by atoms with Gasteiger partial charge in [-0.1, -0.05) is 0 Å². The van der Waals surface area contributed by atoms with E-state index in [1.165, 1.54) is 25.3 Å². The van der Waals surface area contributed by atoms with E-state index in [-0.39, 0.29) is 12.3 Å². The highest BCUT2D eigenvalue weighted by Gasteiger charge is 2.07. The molecule has 0 fully saturated rings. The van der Waals surface area contributed by atoms with E-state index in [9.17, 15) is 9.50 Å². The summed E-state index contributed by atoms with van der Waals surface area (Å²) in [5.41, 5.74) is 1.59. The fraction of sp³-hybridized carbons (Fsp3) is 0.133. The first-order valence-corrected chi connectivity index (χ1v) is 5.93. The third-order valence-electron chi connectivity index (χ3n) is 2.84. The molecule has 0 saturated heterocycles. The van der Waals surface area contributed by atoms with Crippen LogP contribution in [0.4, 0.5) is 10.1 Å². The number of rotatable bonds is 4. The summed E-state index contributed by atoms with van der Waals surface area (Å²) >= 11 is 0. The summed E-state index contributed by atoms with van der Waals surface area (Å²) in [7, 11) is 1.50. The number of anilines is 1. The van der Waals surface area contributed by atoms with E-state index in [0.29, 0.717) is 22.6 Å². The van der Waals surface area contributed by atoms with Gasteiger partial charge in [0.05, 0.1) is 24.4 Å². The molecule has 0 aromatic heterocycles. The van der Waals surface area contributed by atoms with Crippen molar-refractivity contribution in [1.82, 2.24) is 0 Å². The molecule has 2 N–H and O–H groups in total. The molecule has 0 aliphatic carbocycles. The van der Waals surface area contributed by atoms with Crippen LogP contribution in [0, 0.1) is 17.1 Å². The number of aromatic hydroxyl groups is 1. The number of nitrogens with one attached hydrogen (secondary N) is 1. The van der Waals surface area contributed by atoms with Gasteiger partial charge in [0.1, 0.15) is 17.3 Å². The number of hydrogen-bond donors (Lipinski definition) is 2. The zero-order chi connectivity index (χ0) is 14.5. The first-order chi connectivity index (χ1) is 9.63. The van der Waals surface area contributed by atoms with Gasteiger partial charge in [0.25, 0.3) is 0 Å². The molecule has 20 heavy (non-hydrogen) atoms. The molecule has 0 bridgehead atoms. The summed E-state index contributed by atoms with van der Waals surface area (Å²) < 4.78 is 18.3. The summed E-state index contributed by atoms with van der Waals surface area (Å²) in [6.07, 6.45) is 0. The molecule has 4 nitrogen and oxygen atoms in total. The van der Waals surface area contributed by atoms with Gasteiger partial charge < -0.3 is 15.2 Å². The van der Waals surface area contributed by atoms with Crippen molar-refractivity contribution < 1.29 is 14.2 Å². The van der Waals surface area contributed by atoms with E-state index in [1.54, 1.807) is 18.2 Å². The van der Waals surface area contributed by atoms with Crippen molar-refractivity contribution >= 4 is 5.69 Å². The quantitative estimate of drug-likeness (QED) is 0.898. The second kappa shape index (κ2) is 5.93. The van der Waals surface area contributed by atoms with Crippen molar-refractivity contribution in [3.05, 3.63) is 53.3 Å². The first kappa shape index (κ1) is 13.7. The standard InChI is InChI=1S/C15H13FN2O2/c1-20-15-6-10(8-17)2-4-13(15)18-9-11-7-12(16)3-5-14(11)19/h2-7,18-19H,9H2,1H3. The minimum absolute atomic E-state index is 0.0199. The SMILES string of the molecule is COc1cc(C#N)ccc1NCc1cc(F)ccc1O. The van der Waals surface area contributed by atoms with Crippen LogP contribution in [0.25, 0.3) is 0 Å². The van der Waals surface area contributed by atoms with Crippen LogP contribution < -0.4 is 10.1 Å². The molecule has 102 valence electrons. The molecule has 0 heterocycles. The third-order valence-corrected chi connectivity index (χ3v) is 2.84. The number of phenolic OH excluding ortho intramolecular Hbond substituents is 1. The molecule has 0 spiro atoms. The van der Waals surface area contributed by atoms with Crippen LogP contribution in [-0.2, 0) is 6.54 Å². The van der Waals surface area contributed by atoms with Crippen LogP contribution >= 0.6 is 0 Å². The number of nitriles is 1. The maximum absolute atomic E-state index is 13.1. The lowest BCUT2D eigenvalue weighted by Gasteiger charge is -2.12. The topological polar surface area (TPSA) is 65.3 Å². The van der Waals surface area contributed by atoms with Crippen LogP contribution in [0.15, 0.2) is 36.4 Å². The maximum Gasteiger partial charge on any atom is 0.143 e. The Kier molecular flexibility index (Phi) is 4.06. The largest absolute Gasteiger partial charge is 0.508 e. The van der Waals surface area contributed by atoms with Crippen molar-refractivity contribution in [3.63, 3.8) is 0 Å². The summed E-state index contributed by atoms with van der Waals surface area (Å²) in [5, 5.41) is 21.5. The van der Waals surface area contributed by atoms with Crippen molar-refractivity contribution in [2.24, 2.45) is 0 Å². The average Bonchev–Trinajstić information content (AvgIpc) is 2.48. The monoisotopic (exact) mass is 272 g/mol. The van der Waals surface area contributed by atoms with Crippen LogP contribution in [0.1, 0.15) is 11.1 Å². The Bertz CT molecular complexity index is 665. The van der Waals surface area contributed by atoms with Crippen molar-refractivity contribution in [1.29, 1.82) is 5.26 Å². The van der Waals surface area contributed by atoms with Gasteiger partial charge in [0, 0.05) is 18.2 Å². The highest BCUT2D eigenvalue weighted by Crippen LogP contribution is 2.27. The van der Waals surface area contributed by atoms with Crippen LogP contribution in [0.5, 0.6) is 11.5 Å². The van der Waals surface area contributed by atoms with Crippen molar-refractivity contribution in [3.8, 4) is 17.6 Å². The van der Waals surface area contributed by atoms with E-state index >= 15 is 0 Å². The second-order valence-corrected chi connectivity index (χ2v) is 4.15. The Morgan fingerprint density at radius 1 is 1.30 bits per heavy atom. The fourth-order valence-corrected chi connectivity index (χ4v) is 1.79. The number of ether oxygens (including phenoxy) is 1. The van der Waals surface area contributed by atoms with Crippen LogP contribution in [0.3, 0.4) is 0 Å². The number of benzene rings is 2. The molecular formula is C15H13FN2O2. The van der Waals surface area contributed by atoms with E-state index in [4.69, 9.17) is 10.00 Å². The van der Waals surface area contributed by atoms with Gasteiger partial charge in [-0.15, -0.1) is 0 Å². The van der Waals surface area contributed by atoms with Gasteiger partial charge in [0.15, 0.2) is 0 Å². The minimum Gasteiger partial charge on any atom is -0.508 e. The lowest BCUT2D eigenvalue weighted by Crippen LogP contribution is -2.02. The number of methoxy groups -OCH3 is 1. The zero-order valence-corrected chi connectivity index (χ0v) is 10.9. The Labute approximate surface area is 116 Å². The van der Waals surface area contributed by atoms with Gasteiger partial charge >= 0.3 is 0 Å².